The Morgan fingerprint density at radius 3 is 2.54 bits per heavy atom. The topological polar surface area (TPSA) is 136 Å². The van der Waals surface area contributed by atoms with Crippen molar-refractivity contribution in [3.63, 3.8) is 0 Å². The molecule has 0 unspecified atom stereocenters. The van der Waals surface area contributed by atoms with Crippen molar-refractivity contribution in [2.75, 3.05) is 26.1 Å². The van der Waals surface area contributed by atoms with E-state index < -0.39 is 17.9 Å². The molecule has 11 heteroatoms. The predicted molar refractivity (Wildman–Crippen MR) is 131 cm³/mol. The van der Waals surface area contributed by atoms with E-state index in [-0.39, 0.29) is 36.3 Å². The minimum absolute atomic E-state index is 0.0349. The molecule has 2 heterocycles. The number of nitrogens with one attached hydrogen (secondary N) is 2. The normalized spacial score (nSPS) is 13.9. The summed E-state index contributed by atoms with van der Waals surface area (Å²) in [5, 5.41) is 5.24. The quantitative estimate of drug-likeness (QED) is 0.257. The Kier molecular flexibility index (Phi) is 7.53. The molecule has 1 aliphatic rings. The molecule has 37 heavy (non-hydrogen) atoms. The maximum absolute atomic E-state index is 12.8. The molecule has 0 spiro atoms. The van der Waals surface area contributed by atoms with Gasteiger partial charge in [-0.05, 0) is 48.0 Å². The van der Waals surface area contributed by atoms with E-state index in [0.29, 0.717) is 22.7 Å². The molecule has 0 bridgehead atoms. The number of imide groups is 1. The van der Waals surface area contributed by atoms with Gasteiger partial charge in [0.1, 0.15) is 11.5 Å². The van der Waals surface area contributed by atoms with E-state index >= 15 is 0 Å². The van der Waals surface area contributed by atoms with Crippen LogP contribution in [0.4, 0.5) is 10.5 Å². The maximum atomic E-state index is 12.8. The lowest BCUT2D eigenvalue weighted by Crippen LogP contribution is -2.30. The molecule has 1 aliphatic heterocycles. The maximum Gasteiger partial charge on any atom is 0.373 e. The zero-order chi connectivity index (χ0) is 26.4. The molecule has 0 radical (unpaired) electrons. The van der Waals surface area contributed by atoms with E-state index in [1.165, 1.54) is 32.4 Å². The van der Waals surface area contributed by atoms with Crippen LogP contribution in [-0.2, 0) is 20.9 Å². The highest BCUT2D eigenvalue weighted by Crippen LogP contribution is 2.29. The molecule has 11 nitrogen and oxygen atoms in total. The molecule has 2 aromatic carbocycles. The van der Waals surface area contributed by atoms with Gasteiger partial charge in [-0.2, -0.15) is 0 Å². The monoisotopic (exact) mass is 505 g/mol. The lowest BCUT2D eigenvalue weighted by molar-refractivity contribution is -0.123. The molecule has 1 fully saturated rings. The summed E-state index contributed by atoms with van der Waals surface area (Å²) in [6.45, 7) is -0.403. The van der Waals surface area contributed by atoms with Crippen molar-refractivity contribution < 1.29 is 37.8 Å². The molecular weight excluding hydrogens is 482 g/mol. The number of methoxy groups -OCH3 is 2. The van der Waals surface area contributed by atoms with E-state index in [4.69, 9.17) is 13.9 Å². The van der Waals surface area contributed by atoms with Gasteiger partial charge < -0.3 is 29.3 Å². The van der Waals surface area contributed by atoms with Crippen molar-refractivity contribution in [1.29, 1.82) is 0 Å². The molecule has 1 aromatic heterocycles. The van der Waals surface area contributed by atoms with Gasteiger partial charge in [-0.1, -0.05) is 24.3 Å². The number of ether oxygens (including phenoxy) is 3. The number of carbonyl (C=O) groups is 4. The van der Waals surface area contributed by atoms with Crippen LogP contribution >= 0.6 is 0 Å². The zero-order valence-corrected chi connectivity index (χ0v) is 20.0. The number of urea groups is 1. The standard InChI is InChI=1S/C26H23N3O8/c1-34-22-13-16(8-10-20(22)36-15-23(30)27-17-6-4-3-5-7-17)12-19-24(31)29(26(33)28-19)14-18-9-11-21(37-18)25(32)35-2/h3-13H,14-15H2,1-2H3,(H,27,30)(H,28,33)/b19-12+. The van der Waals surface area contributed by atoms with Gasteiger partial charge >= 0.3 is 12.0 Å². The molecule has 4 amide bonds. The first kappa shape index (κ1) is 25.0. The molecule has 0 aliphatic carbocycles. The van der Waals surface area contributed by atoms with Gasteiger partial charge in [-0.15, -0.1) is 0 Å². The number of esters is 1. The van der Waals surface area contributed by atoms with Gasteiger partial charge in [0.25, 0.3) is 11.8 Å². The van der Waals surface area contributed by atoms with Crippen LogP contribution in [-0.4, -0.2) is 49.5 Å². The molecule has 2 N–H and O–H groups in total. The van der Waals surface area contributed by atoms with Crippen LogP contribution in [0.15, 0.2) is 70.8 Å². The fraction of sp³-hybridized carbons (Fsp3) is 0.154. The number of furan rings is 1. The lowest BCUT2D eigenvalue weighted by atomic mass is 10.1. The van der Waals surface area contributed by atoms with E-state index in [2.05, 4.69) is 15.4 Å². The fourth-order valence-corrected chi connectivity index (χ4v) is 3.47. The highest BCUT2D eigenvalue weighted by molar-refractivity contribution is 6.13. The minimum Gasteiger partial charge on any atom is -0.493 e. The number of amides is 4. The van der Waals surface area contributed by atoms with Gasteiger partial charge in [-0.3, -0.25) is 14.5 Å². The summed E-state index contributed by atoms with van der Waals surface area (Å²) in [6.07, 6.45) is 1.48. The van der Waals surface area contributed by atoms with Gasteiger partial charge in [-0.25, -0.2) is 9.59 Å². The first-order valence-electron chi connectivity index (χ1n) is 11.0. The third-order valence-corrected chi connectivity index (χ3v) is 5.24. The highest BCUT2D eigenvalue weighted by atomic mass is 16.5. The molecule has 0 atom stereocenters. The number of anilines is 1. The SMILES string of the molecule is COC(=O)c1ccc(CN2C(=O)N/C(=C/c3ccc(OCC(=O)Nc4ccccc4)c(OC)c3)C2=O)o1. The van der Waals surface area contributed by atoms with Crippen LogP contribution in [0.25, 0.3) is 6.08 Å². The van der Waals surface area contributed by atoms with E-state index in [9.17, 15) is 19.2 Å². The van der Waals surface area contributed by atoms with Crippen molar-refractivity contribution in [1.82, 2.24) is 10.2 Å². The van der Waals surface area contributed by atoms with Crippen LogP contribution in [0.5, 0.6) is 11.5 Å². The first-order chi connectivity index (χ1) is 17.9. The molecule has 3 aromatic rings. The molecule has 1 saturated heterocycles. The predicted octanol–water partition coefficient (Wildman–Crippen LogP) is 3.19. The first-order valence-corrected chi connectivity index (χ1v) is 11.0. The summed E-state index contributed by atoms with van der Waals surface area (Å²) in [4.78, 5) is 49.9. The summed E-state index contributed by atoms with van der Waals surface area (Å²) < 4.78 is 20.9. The third-order valence-electron chi connectivity index (χ3n) is 5.24. The van der Waals surface area contributed by atoms with Gasteiger partial charge in [0.05, 0.1) is 20.8 Å². The average molecular weight is 505 g/mol. The van der Waals surface area contributed by atoms with E-state index in [0.717, 1.165) is 4.90 Å². The van der Waals surface area contributed by atoms with Crippen LogP contribution in [0.3, 0.4) is 0 Å². The van der Waals surface area contributed by atoms with Crippen LogP contribution in [0, 0.1) is 0 Å². The Bertz CT molecular complexity index is 1360. The number of nitrogens with zero attached hydrogens (tertiary/aromatic N) is 1. The number of hydrogen-bond acceptors (Lipinski definition) is 8. The second kappa shape index (κ2) is 11.1. The number of hydrogen-bond donors (Lipinski definition) is 2. The van der Waals surface area contributed by atoms with Crippen LogP contribution < -0.4 is 20.1 Å². The number of benzene rings is 2. The summed E-state index contributed by atoms with van der Waals surface area (Å²) in [5.41, 5.74) is 1.25. The van der Waals surface area contributed by atoms with Crippen LogP contribution in [0.1, 0.15) is 21.9 Å². The summed E-state index contributed by atoms with van der Waals surface area (Å²) in [7, 11) is 2.66. The van der Waals surface area contributed by atoms with Gasteiger partial charge in [0.2, 0.25) is 5.76 Å². The number of carbonyl (C=O) groups excluding carboxylic acids is 4. The van der Waals surface area contributed by atoms with E-state index in [1.807, 2.05) is 6.07 Å². The van der Waals surface area contributed by atoms with Crippen molar-refractivity contribution in [3.8, 4) is 11.5 Å². The van der Waals surface area contributed by atoms with Crippen molar-refractivity contribution >= 4 is 35.6 Å². The van der Waals surface area contributed by atoms with E-state index in [1.54, 1.807) is 42.5 Å². The largest absolute Gasteiger partial charge is 0.493 e. The zero-order valence-electron chi connectivity index (χ0n) is 20.0. The Hall–Kier alpha value is -5.06. The Morgan fingerprint density at radius 1 is 1.03 bits per heavy atom. The Morgan fingerprint density at radius 2 is 1.81 bits per heavy atom. The molecule has 0 saturated carbocycles. The molecular formula is C26H23N3O8. The fourth-order valence-electron chi connectivity index (χ4n) is 3.47. The van der Waals surface area contributed by atoms with Crippen molar-refractivity contribution in [2.45, 2.75) is 6.54 Å². The van der Waals surface area contributed by atoms with Crippen molar-refractivity contribution in [2.24, 2.45) is 0 Å². The molecule has 190 valence electrons. The number of para-hydroxylation sites is 1. The van der Waals surface area contributed by atoms with Crippen LogP contribution in [0.2, 0.25) is 0 Å². The average Bonchev–Trinajstić information content (AvgIpc) is 3.48. The Labute approximate surface area is 211 Å². The summed E-state index contributed by atoms with van der Waals surface area (Å²) >= 11 is 0. The minimum atomic E-state index is -0.665. The second-order valence-electron chi connectivity index (χ2n) is 7.75. The second-order valence-corrected chi connectivity index (χ2v) is 7.75. The third kappa shape index (κ3) is 5.96. The Balaban J connectivity index is 1.41. The van der Waals surface area contributed by atoms with Crippen molar-refractivity contribution in [3.05, 3.63) is 83.4 Å². The lowest BCUT2D eigenvalue weighted by Gasteiger charge is -2.12. The smallest absolute Gasteiger partial charge is 0.373 e. The molecule has 4 rings (SSSR count). The van der Waals surface area contributed by atoms with Gasteiger partial charge in [0, 0.05) is 5.69 Å². The summed E-state index contributed by atoms with van der Waals surface area (Å²) in [5.74, 6) is -0.706. The van der Waals surface area contributed by atoms with Gasteiger partial charge in [0.15, 0.2) is 18.1 Å². The number of rotatable bonds is 9. The summed E-state index contributed by atoms with van der Waals surface area (Å²) in [6, 6.07) is 16.1. The highest BCUT2D eigenvalue weighted by Gasteiger charge is 2.34.